The van der Waals surface area contributed by atoms with Gasteiger partial charge in [0.2, 0.25) is 0 Å². The van der Waals surface area contributed by atoms with Crippen molar-refractivity contribution in [3.63, 3.8) is 0 Å². The van der Waals surface area contributed by atoms with E-state index in [0.717, 1.165) is 32.3 Å². The molecule has 0 fully saturated rings. The van der Waals surface area contributed by atoms with E-state index < -0.39 is 33.6 Å². The number of ether oxygens (including phenoxy) is 9. The maximum Gasteiger partial charge on any atom is 0.308 e. The summed E-state index contributed by atoms with van der Waals surface area (Å²) in [6, 6.07) is 12.1. The first-order chi connectivity index (χ1) is 29.2. The molecule has 3 heterocycles. The Labute approximate surface area is 371 Å². The molecule has 0 unspecified atom stereocenters. The minimum Gasteiger partial charge on any atom is -0.465 e. The van der Waals surface area contributed by atoms with E-state index in [9.17, 15) is 14.4 Å². The van der Waals surface area contributed by atoms with Crippen LogP contribution in [0.15, 0.2) is 36.4 Å². The number of hydrogen-bond donors (Lipinski definition) is 0. The van der Waals surface area contributed by atoms with E-state index in [2.05, 4.69) is 0 Å². The average Bonchev–Trinajstić information content (AvgIpc) is 3.87. The lowest BCUT2D eigenvalue weighted by Gasteiger charge is -2.39. The van der Waals surface area contributed by atoms with Gasteiger partial charge in [-0.2, -0.15) is 0 Å². The van der Waals surface area contributed by atoms with Crippen molar-refractivity contribution in [3.05, 3.63) is 36.4 Å². The maximum atomic E-state index is 12.5. The molecule has 0 radical (unpaired) electrons. The van der Waals surface area contributed by atoms with Crippen molar-refractivity contribution in [2.45, 2.75) is 140 Å². The second-order valence-corrected chi connectivity index (χ2v) is 21.4. The summed E-state index contributed by atoms with van der Waals surface area (Å²) in [7, 11) is 0. The van der Waals surface area contributed by atoms with E-state index in [4.69, 9.17) is 42.6 Å². The monoisotopic (exact) mass is 870 g/mol. The zero-order valence-corrected chi connectivity index (χ0v) is 39.8. The summed E-state index contributed by atoms with van der Waals surface area (Å²) in [6.07, 6.45) is 0.921. The van der Waals surface area contributed by atoms with Gasteiger partial charge in [-0.1, -0.05) is 104 Å². The molecule has 7 rings (SSSR count). The molecular weight excluding hydrogens is 805 g/mol. The van der Waals surface area contributed by atoms with Gasteiger partial charge in [-0.3, -0.25) is 14.4 Å². The first-order valence-corrected chi connectivity index (χ1v) is 22.4. The Balaban J connectivity index is 1.38. The lowest BCUT2D eigenvalue weighted by Crippen LogP contribution is -2.51. The fourth-order valence-corrected chi connectivity index (χ4v) is 8.33. The lowest BCUT2D eigenvalue weighted by atomic mass is 9.83. The molecule has 0 aliphatic carbocycles. The van der Waals surface area contributed by atoms with Gasteiger partial charge in [0.05, 0.1) is 56.8 Å². The quantitative estimate of drug-likeness (QED) is 0.0762. The van der Waals surface area contributed by atoms with Crippen molar-refractivity contribution in [3.8, 4) is 34.5 Å². The molecule has 342 valence electrons. The van der Waals surface area contributed by atoms with E-state index in [1.54, 1.807) is 41.5 Å². The molecule has 3 aliphatic rings. The van der Waals surface area contributed by atoms with Gasteiger partial charge >= 0.3 is 17.9 Å². The molecule has 4 aromatic carbocycles. The molecule has 0 spiro atoms. The van der Waals surface area contributed by atoms with Crippen molar-refractivity contribution in [2.75, 3.05) is 19.8 Å². The fourth-order valence-electron chi connectivity index (χ4n) is 8.33. The summed E-state index contributed by atoms with van der Waals surface area (Å²) in [5, 5.41) is 5.27. The Morgan fingerprint density at radius 3 is 0.714 bits per heavy atom. The number of rotatable bonds is 12. The Hall–Kier alpha value is -5.13. The van der Waals surface area contributed by atoms with Crippen LogP contribution in [0.3, 0.4) is 0 Å². The topological polar surface area (TPSA) is 134 Å². The molecule has 0 saturated carbocycles. The molecule has 0 amide bonds. The van der Waals surface area contributed by atoms with Gasteiger partial charge in [0, 0.05) is 16.2 Å². The Bertz CT molecular complexity index is 2050. The van der Waals surface area contributed by atoms with Crippen molar-refractivity contribution in [2.24, 2.45) is 34.0 Å². The molecule has 4 aromatic rings. The van der Waals surface area contributed by atoms with Gasteiger partial charge in [0.25, 0.3) is 17.4 Å². The van der Waals surface area contributed by atoms with Crippen LogP contribution in [0.4, 0.5) is 0 Å². The minimum atomic E-state index is -1.14. The fraction of sp³-hybridized carbons (Fsp3) is 0.588. The summed E-state index contributed by atoms with van der Waals surface area (Å²) in [5.41, 5.74) is -1.57. The molecule has 0 saturated heterocycles. The molecule has 12 heteroatoms. The van der Waals surface area contributed by atoms with E-state index in [1.165, 1.54) is 0 Å². The van der Waals surface area contributed by atoms with Crippen molar-refractivity contribution < 1.29 is 57.0 Å². The van der Waals surface area contributed by atoms with Crippen molar-refractivity contribution in [1.82, 2.24) is 0 Å². The van der Waals surface area contributed by atoms with Crippen LogP contribution in [0.2, 0.25) is 0 Å². The molecular formula is C51H66O12. The predicted octanol–water partition coefficient (Wildman–Crippen LogP) is 11.5. The van der Waals surface area contributed by atoms with Gasteiger partial charge < -0.3 is 42.6 Å². The Morgan fingerprint density at radius 1 is 0.397 bits per heavy atom. The zero-order chi connectivity index (χ0) is 46.2. The number of carbonyl (C=O) groups excluding carboxylic acids is 3. The second kappa shape index (κ2) is 15.8. The van der Waals surface area contributed by atoms with Crippen LogP contribution in [0.5, 0.6) is 34.5 Å². The third-order valence-corrected chi connectivity index (χ3v) is 12.6. The maximum absolute atomic E-state index is 12.5. The van der Waals surface area contributed by atoms with Crippen LogP contribution in [0, 0.1) is 34.0 Å². The van der Waals surface area contributed by atoms with E-state index in [0.29, 0.717) is 53.8 Å². The Morgan fingerprint density at radius 2 is 0.571 bits per heavy atom. The Kier molecular flexibility index (Phi) is 11.5. The highest BCUT2D eigenvalue weighted by atomic mass is 16.8. The summed E-state index contributed by atoms with van der Waals surface area (Å²) < 4.78 is 57.9. The summed E-state index contributed by atoms with van der Waals surface area (Å²) in [6.45, 7) is 29.6. The number of hydrogen-bond acceptors (Lipinski definition) is 12. The molecule has 3 aliphatic heterocycles. The highest BCUT2D eigenvalue weighted by Gasteiger charge is 2.54. The second-order valence-electron chi connectivity index (χ2n) is 21.4. The normalized spacial score (nSPS) is 21.6. The lowest BCUT2D eigenvalue weighted by molar-refractivity contribution is -0.177. The van der Waals surface area contributed by atoms with Gasteiger partial charge in [0.15, 0.2) is 34.5 Å². The molecule has 0 bridgehead atoms. The third kappa shape index (κ3) is 8.16. The van der Waals surface area contributed by atoms with E-state index >= 15 is 0 Å². The largest absolute Gasteiger partial charge is 0.465 e. The number of fused-ring (bicyclic) bond motifs is 9. The molecule has 0 aromatic heterocycles. The zero-order valence-electron chi connectivity index (χ0n) is 39.8. The minimum absolute atomic E-state index is 0.124. The van der Waals surface area contributed by atoms with Crippen LogP contribution in [-0.4, -0.2) is 55.1 Å². The van der Waals surface area contributed by atoms with Crippen LogP contribution >= 0.6 is 0 Å². The smallest absolute Gasteiger partial charge is 0.308 e. The van der Waals surface area contributed by atoms with Crippen LogP contribution < -0.4 is 28.4 Å². The number of benzene rings is 4. The van der Waals surface area contributed by atoms with Crippen LogP contribution in [0.25, 0.3) is 32.3 Å². The van der Waals surface area contributed by atoms with Crippen LogP contribution in [-0.2, 0) is 28.6 Å². The van der Waals surface area contributed by atoms with Gasteiger partial charge in [0.1, 0.15) is 0 Å². The van der Waals surface area contributed by atoms with E-state index in [-0.39, 0.29) is 55.5 Å². The predicted molar refractivity (Wildman–Crippen MR) is 241 cm³/mol. The summed E-state index contributed by atoms with van der Waals surface area (Å²) in [4.78, 5) is 37.4. The SMILES string of the molecule is CC(C)C(=O)OCCC1(C(C)(C)C)Oc2cc3c4cc5c(cc4c4cc6c(cc4c3cc2O1)OC(CCOC(=O)C(C)C)(C(C)(C)C)O6)OC(CCOC(=O)C(C)C)(C(C)(C)C)O5. The molecule has 0 N–H and O–H groups in total. The third-order valence-electron chi connectivity index (χ3n) is 12.6. The van der Waals surface area contributed by atoms with Gasteiger partial charge in [-0.05, 0) is 68.7 Å². The summed E-state index contributed by atoms with van der Waals surface area (Å²) >= 11 is 0. The summed E-state index contributed by atoms with van der Waals surface area (Å²) in [5.74, 6) is -1.67. The van der Waals surface area contributed by atoms with Gasteiger partial charge in [-0.25, -0.2) is 0 Å². The van der Waals surface area contributed by atoms with E-state index in [1.807, 2.05) is 98.7 Å². The number of carbonyl (C=O) groups is 3. The molecule has 63 heavy (non-hydrogen) atoms. The van der Waals surface area contributed by atoms with Crippen molar-refractivity contribution >= 4 is 50.2 Å². The van der Waals surface area contributed by atoms with Crippen molar-refractivity contribution in [1.29, 1.82) is 0 Å². The van der Waals surface area contributed by atoms with Crippen LogP contribution in [0.1, 0.15) is 123 Å². The molecule has 12 nitrogen and oxygen atoms in total. The average molecular weight is 871 g/mol. The standard InChI is InChI=1S/C51H66O12/c1-28(2)43(52)55-19-16-49(46(7,8)9)58-37-22-31-32(23-38(37)59-49)34-25-40-42(63-51(61-40,48(13,14)15)18-21-57-45(54)30(5)6)27-36(34)35-26-41-39(24-33(31)35)60-50(62-41,47(10,11)12)17-20-56-44(53)29(3)4/h22-30H,16-21H2,1-15H3. The highest BCUT2D eigenvalue weighted by molar-refractivity contribution is 6.27. The first-order valence-electron chi connectivity index (χ1n) is 22.4. The first kappa shape index (κ1) is 45.9. The highest BCUT2D eigenvalue weighted by Crippen LogP contribution is 2.57. The molecule has 0 atom stereocenters. The number of esters is 3. The van der Waals surface area contributed by atoms with Gasteiger partial charge in [-0.15, -0.1) is 0 Å².